The van der Waals surface area contributed by atoms with Gasteiger partial charge in [0, 0.05) is 18.5 Å². The number of hydrogen-bond acceptors (Lipinski definition) is 3. The number of para-hydroxylation sites is 2. The van der Waals surface area contributed by atoms with E-state index in [9.17, 15) is 4.79 Å². The second kappa shape index (κ2) is 9.14. The van der Waals surface area contributed by atoms with Gasteiger partial charge < -0.3 is 15.5 Å². The third-order valence-electron chi connectivity index (χ3n) is 5.76. The van der Waals surface area contributed by atoms with Crippen LogP contribution in [0.25, 0.3) is 0 Å². The maximum atomic E-state index is 13.2. The fourth-order valence-corrected chi connectivity index (χ4v) is 4.59. The Bertz CT molecular complexity index is 987. The van der Waals surface area contributed by atoms with Crippen LogP contribution in [0, 0.1) is 5.92 Å². The summed E-state index contributed by atoms with van der Waals surface area (Å²) in [6.45, 7) is 0. The maximum absolute atomic E-state index is 13.2. The molecule has 5 nitrogen and oxygen atoms in total. The number of benzodiazepines with no additional fused rings is 1. The van der Waals surface area contributed by atoms with E-state index in [0.717, 1.165) is 29.8 Å². The van der Waals surface area contributed by atoms with Crippen LogP contribution in [0.4, 0.5) is 11.4 Å². The summed E-state index contributed by atoms with van der Waals surface area (Å²) in [6.07, 6.45) is 5.06. The first-order chi connectivity index (χ1) is 14.5. The molecule has 1 aliphatic carbocycles. The van der Waals surface area contributed by atoms with Crippen LogP contribution in [0.5, 0.6) is 0 Å². The Kier molecular flexibility index (Phi) is 6.35. The molecule has 1 fully saturated rings. The number of fused-ring (bicyclic) bond motifs is 1. The van der Waals surface area contributed by atoms with Crippen molar-refractivity contribution in [1.82, 2.24) is 5.32 Å². The average molecular weight is 441 g/mol. The normalized spacial score (nSPS) is 19.5. The number of carbonyl (C=O) groups is 1. The fourth-order valence-electron chi connectivity index (χ4n) is 4.19. The highest BCUT2D eigenvalue weighted by Gasteiger charge is 2.33. The highest BCUT2D eigenvalue weighted by Crippen LogP contribution is 2.33. The van der Waals surface area contributed by atoms with Gasteiger partial charge in [-0.05, 0) is 43.3 Å². The monoisotopic (exact) mass is 440 g/mol. The number of anilines is 2. The van der Waals surface area contributed by atoms with Crippen LogP contribution >= 0.6 is 23.8 Å². The zero-order valence-corrected chi connectivity index (χ0v) is 18.5. The number of hydrogen-bond donors (Lipinski definition) is 2. The van der Waals surface area contributed by atoms with E-state index >= 15 is 0 Å². The third kappa shape index (κ3) is 4.35. The number of benzene rings is 2. The molecule has 0 saturated heterocycles. The summed E-state index contributed by atoms with van der Waals surface area (Å²) in [4.78, 5) is 19.8. The molecule has 1 saturated carbocycles. The molecule has 0 aromatic heterocycles. The molecule has 1 atom stereocenters. The number of likely N-dealkylation sites (N-methyl/N-ethyl adjacent to an activating group) is 1. The number of amides is 1. The van der Waals surface area contributed by atoms with Crippen LogP contribution in [0.1, 0.15) is 37.7 Å². The first kappa shape index (κ1) is 20.8. The number of nitrogens with zero attached hydrogens (tertiary/aromatic N) is 2. The van der Waals surface area contributed by atoms with Crippen LogP contribution in [0.3, 0.4) is 0 Å². The van der Waals surface area contributed by atoms with Crippen molar-refractivity contribution in [3.8, 4) is 0 Å². The summed E-state index contributed by atoms with van der Waals surface area (Å²) in [7, 11) is 1.79. The first-order valence-corrected chi connectivity index (χ1v) is 11.1. The zero-order valence-electron chi connectivity index (χ0n) is 16.9. The lowest BCUT2D eigenvalue weighted by molar-refractivity contribution is -0.119. The van der Waals surface area contributed by atoms with Crippen molar-refractivity contribution in [2.45, 2.75) is 38.3 Å². The predicted molar refractivity (Wildman–Crippen MR) is 128 cm³/mol. The Labute approximate surface area is 187 Å². The minimum Gasteiger partial charge on any atom is -0.333 e. The summed E-state index contributed by atoms with van der Waals surface area (Å²) in [5, 5.41) is 7.05. The van der Waals surface area contributed by atoms with Gasteiger partial charge in [0.15, 0.2) is 5.11 Å². The molecule has 1 unspecified atom stereocenters. The van der Waals surface area contributed by atoms with Crippen LogP contribution in [-0.4, -0.2) is 29.9 Å². The molecule has 1 heterocycles. The molecule has 2 aliphatic rings. The van der Waals surface area contributed by atoms with Gasteiger partial charge in [0.25, 0.3) is 5.91 Å². The Morgan fingerprint density at radius 3 is 2.57 bits per heavy atom. The zero-order chi connectivity index (χ0) is 21.1. The number of nitrogens with one attached hydrogen (secondary N) is 2. The second-order valence-electron chi connectivity index (χ2n) is 7.74. The van der Waals surface area contributed by atoms with Crippen LogP contribution < -0.4 is 15.5 Å². The standard InChI is InChI=1S/C23H25ClN4OS/c1-28-19-14-8-5-11-16(19)20(15-9-3-2-4-10-15)26-21(22(28)29)27-23(30)25-18-13-7-6-12-17(18)24/h5-8,11-15,21H,2-4,9-10H2,1H3,(H2,25,27,30). The van der Waals surface area contributed by atoms with Crippen molar-refractivity contribution < 1.29 is 4.79 Å². The Morgan fingerprint density at radius 2 is 1.80 bits per heavy atom. The van der Waals surface area contributed by atoms with Gasteiger partial charge >= 0.3 is 0 Å². The van der Waals surface area contributed by atoms with Crippen LogP contribution in [0.15, 0.2) is 53.5 Å². The summed E-state index contributed by atoms with van der Waals surface area (Å²) >= 11 is 11.7. The molecule has 4 rings (SSSR count). The summed E-state index contributed by atoms with van der Waals surface area (Å²) in [5.41, 5.74) is 3.61. The lowest BCUT2D eigenvalue weighted by Crippen LogP contribution is -2.47. The van der Waals surface area contributed by atoms with E-state index in [0.29, 0.717) is 21.7 Å². The molecule has 7 heteroatoms. The molecule has 0 radical (unpaired) electrons. The molecule has 1 aliphatic heterocycles. The minimum atomic E-state index is -0.790. The van der Waals surface area contributed by atoms with Crippen molar-refractivity contribution in [1.29, 1.82) is 0 Å². The molecule has 30 heavy (non-hydrogen) atoms. The largest absolute Gasteiger partial charge is 0.333 e. The highest BCUT2D eigenvalue weighted by atomic mass is 35.5. The Balaban J connectivity index is 1.64. The van der Waals surface area contributed by atoms with Gasteiger partial charge in [-0.15, -0.1) is 0 Å². The van der Waals surface area contributed by atoms with Gasteiger partial charge in [-0.2, -0.15) is 0 Å². The molecule has 2 aromatic carbocycles. The highest BCUT2D eigenvalue weighted by molar-refractivity contribution is 7.80. The molecule has 156 valence electrons. The Hall–Kier alpha value is -2.44. The smallest absolute Gasteiger partial charge is 0.272 e. The van der Waals surface area contributed by atoms with Crippen molar-refractivity contribution in [3.63, 3.8) is 0 Å². The van der Waals surface area contributed by atoms with Gasteiger partial charge in [0.05, 0.1) is 22.1 Å². The number of thiocarbonyl (C=S) groups is 1. The van der Waals surface area contributed by atoms with Gasteiger partial charge in [-0.3, -0.25) is 9.79 Å². The number of aliphatic imine (C=N–C) groups is 1. The topological polar surface area (TPSA) is 56.7 Å². The SMILES string of the molecule is CN1C(=O)C(NC(=S)Nc2ccccc2Cl)N=C(C2CCCCC2)c2ccccc21. The lowest BCUT2D eigenvalue weighted by Gasteiger charge is -2.25. The van der Waals surface area contributed by atoms with Gasteiger partial charge in [0.1, 0.15) is 0 Å². The molecular weight excluding hydrogens is 416 g/mol. The van der Waals surface area contributed by atoms with Crippen LogP contribution in [0.2, 0.25) is 5.02 Å². The average Bonchev–Trinajstić information content (AvgIpc) is 2.87. The predicted octanol–water partition coefficient (Wildman–Crippen LogP) is 5.00. The molecular formula is C23H25ClN4OS. The quantitative estimate of drug-likeness (QED) is 0.659. The van der Waals surface area contributed by atoms with Crippen molar-refractivity contribution in [2.24, 2.45) is 10.9 Å². The van der Waals surface area contributed by atoms with Gasteiger partial charge in [-0.1, -0.05) is 61.2 Å². The van der Waals surface area contributed by atoms with E-state index in [4.69, 9.17) is 28.8 Å². The van der Waals surface area contributed by atoms with E-state index in [1.165, 1.54) is 19.3 Å². The molecule has 0 spiro atoms. The van der Waals surface area contributed by atoms with E-state index < -0.39 is 6.17 Å². The molecule has 1 amide bonds. The van der Waals surface area contributed by atoms with Gasteiger partial charge in [0.2, 0.25) is 6.17 Å². The fraction of sp³-hybridized carbons (Fsp3) is 0.348. The van der Waals surface area contributed by atoms with E-state index in [1.54, 1.807) is 18.0 Å². The van der Waals surface area contributed by atoms with Crippen LogP contribution in [-0.2, 0) is 4.79 Å². The van der Waals surface area contributed by atoms with Crippen molar-refractivity contribution >= 4 is 51.9 Å². The summed E-state index contributed by atoms with van der Waals surface area (Å²) in [5.74, 6) is 0.213. The van der Waals surface area contributed by atoms with Crippen molar-refractivity contribution in [3.05, 3.63) is 59.1 Å². The number of rotatable bonds is 3. The van der Waals surface area contributed by atoms with Crippen molar-refractivity contribution in [2.75, 3.05) is 17.3 Å². The molecule has 0 bridgehead atoms. The van der Waals surface area contributed by atoms with E-state index in [-0.39, 0.29) is 5.91 Å². The Morgan fingerprint density at radius 1 is 1.10 bits per heavy atom. The maximum Gasteiger partial charge on any atom is 0.272 e. The second-order valence-corrected chi connectivity index (χ2v) is 8.56. The van der Waals surface area contributed by atoms with E-state index in [1.807, 2.05) is 36.4 Å². The third-order valence-corrected chi connectivity index (χ3v) is 6.31. The molecule has 2 aromatic rings. The first-order valence-electron chi connectivity index (χ1n) is 10.3. The van der Waals surface area contributed by atoms with E-state index in [2.05, 4.69) is 16.7 Å². The summed E-state index contributed by atoms with van der Waals surface area (Å²) in [6, 6.07) is 15.4. The molecule has 2 N–H and O–H groups in total. The lowest BCUT2D eigenvalue weighted by atomic mass is 9.83. The van der Waals surface area contributed by atoms with Gasteiger partial charge in [-0.25, -0.2) is 0 Å². The number of halogens is 1. The number of carbonyl (C=O) groups excluding carboxylic acids is 1. The minimum absolute atomic E-state index is 0.142. The summed E-state index contributed by atoms with van der Waals surface area (Å²) < 4.78 is 0.